The predicted octanol–water partition coefficient (Wildman–Crippen LogP) is 2.44. The second-order valence-corrected chi connectivity index (χ2v) is 7.17. The molecule has 0 spiro atoms. The Balaban J connectivity index is 1.59. The molecule has 144 valence electrons. The molecule has 1 aromatic carbocycles. The Morgan fingerprint density at radius 2 is 2.04 bits per heavy atom. The van der Waals surface area contributed by atoms with Gasteiger partial charge in [0, 0.05) is 31.7 Å². The fourth-order valence-corrected chi connectivity index (χ4v) is 3.46. The highest BCUT2D eigenvalue weighted by atomic mass is 16.2. The minimum absolute atomic E-state index is 0.104. The van der Waals surface area contributed by atoms with Crippen molar-refractivity contribution in [1.29, 1.82) is 0 Å². The molecule has 2 aromatic rings. The van der Waals surface area contributed by atoms with E-state index in [2.05, 4.69) is 46.5 Å². The average Bonchev–Trinajstić information content (AvgIpc) is 2.68. The number of amides is 1. The van der Waals surface area contributed by atoms with Crippen molar-refractivity contribution in [1.82, 2.24) is 20.0 Å². The van der Waals surface area contributed by atoms with Gasteiger partial charge in [-0.15, -0.1) is 0 Å². The summed E-state index contributed by atoms with van der Waals surface area (Å²) in [7, 11) is 0. The van der Waals surface area contributed by atoms with Crippen molar-refractivity contribution in [2.75, 3.05) is 13.1 Å². The number of unbranched alkanes of at least 4 members (excludes halogenated alkanes) is 1. The van der Waals surface area contributed by atoms with Crippen LogP contribution in [0.15, 0.2) is 47.3 Å². The molecule has 1 amide bonds. The number of nitrogens with one attached hydrogen (secondary N) is 1. The molecule has 0 saturated carbocycles. The quantitative estimate of drug-likeness (QED) is 0.815. The lowest BCUT2D eigenvalue weighted by molar-refractivity contribution is 0.0893. The molecule has 0 aliphatic carbocycles. The first-order valence-corrected chi connectivity index (χ1v) is 9.81. The van der Waals surface area contributed by atoms with Gasteiger partial charge in [-0.25, -0.2) is 4.68 Å². The first kappa shape index (κ1) is 19.3. The Bertz CT molecular complexity index is 803. The molecule has 1 aromatic heterocycles. The van der Waals surface area contributed by atoms with Crippen LogP contribution in [0.3, 0.4) is 0 Å². The topological polar surface area (TPSA) is 67.2 Å². The van der Waals surface area contributed by atoms with Crippen molar-refractivity contribution in [3.05, 3.63) is 64.1 Å². The van der Waals surface area contributed by atoms with E-state index in [9.17, 15) is 9.59 Å². The number of piperidine rings is 1. The molecule has 1 unspecified atom stereocenters. The van der Waals surface area contributed by atoms with Crippen molar-refractivity contribution in [3.8, 4) is 0 Å². The zero-order valence-electron chi connectivity index (χ0n) is 15.9. The monoisotopic (exact) mass is 368 g/mol. The normalized spacial score (nSPS) is 17.6. The molecule has 1 aliphatic rings. The third-order valence-corrected chi connectivity index (χ3v) is 4.91. The van der Waals surface area contributed by atoms with Crippen LogP contribution >= 0.6 is 0 Å². The van der Waals surface area contributed by atoms with Gasteiger partial charge in [0.15, 0.2) is 0 Å². The molecule has 1 atom stereocenters. The highest BCUT2D eigenvalue weighted by molar-refractivity contribution is 5.92. The standard InChI is InChI=1S/C21H28N4O2/c1-2-3-14-25-20(26)12-11-19(23-25)21(27)22-18-10-7-13-24(16-18)15-17-8-5-4-6-9-17/h4-6,8-9,11-12,18H,2-3,7,10,13-16H2,1H3,(H,22,27). The number of hydrogen-bond acceptors (Lipinski definition) is 4. The first-order valence-electron chi connectivity index (χ1n) is 9.81. The number of nitrogens with zero attached hydrogens (tertiary/aromatic N) is 3. The van der Waals surface area contributed by atoms with Gasteiger partial charge in [0.05, 0.1) is 0 Å². The lowest BCUT2D eigenvalue weighted by atomic mass is 10.0. The Morgan fingerprint density at radius 1 is 1.22 bits per heavy atom. The smallest absolute Gasteiger partial charge is 0.271 e. The van der Waals surface area contributed by atoms with E-state index >= 15 is 0 Å². The number of carbonyl (C=O) groups excluding carboxylic acids is 1. The van der Waals surface area contributed by atoms with Crippen molar-refractivity contribution in [2.45, 2.75) is 51.7 Å². The SMILES string of the molecule is CCCCn1nc(C(=O)NC2CCCN(Cc3ccccc3)C2)ccc1=O. The molecule has 1 saturated heterocycles. The molecule has 6 nitrogen and oxygen atoms in total. The zero-order chi connectivity index (χ0) is 19.1. The maximum Gasteiger partial charge on any atom is 0.271 e. The highest BCUT2D eigenvalue weighted by Crippen LogP contribution is 2.14. The van der Waals surface area contributed by atoms with E-state index in [1.54, 1.807) is 0 Å². The summed E-state index contributed by atoms with van der Waals surface area (Å²) in [6.45, 7) is 5.38. The van der Waals surface area contributed by atoms with Crippen LogP contribution in [0.25, 0.3) is 0 Å². The first-order chi connectivity index (χ1) is 13.2. The van der Waals surface area contributed by atoms with E-state index in [4.69, 9.17) is 0 Å². The van der Waals surface area contributed by atoms with Crippen molar-refractivity contribution in [2.24, 2.45) is 0 Å². The fourth-order valence-electron chi connectivity index (χ4n) is 3.46. The maximum atomic E-state index is 12.6. The van der Waals surface area contributed by atoms with E-state index in [0.29, 0.717) is 12.2 Å². The average molecular weight is 368 g/mol. The van der Waals surface area contributed by atoms with Crippen molar-refractivity contribution < 1.29 is 4.79 Å². The van der Waals surface area contributed by atoms with Crippen LogP contribution in [0.4, 0.5) is 0 Å². The summed E-state index contributed by atoms with van der Waals surface area (Å²) in [4.78, 5) is 26.9. The summed E-state index contributed by atoms with van der Waals surface area (Å²) in [5, 5.41) is 7.34. The molecule has 0 radical (unpaired) electrons. The van der Waals surface area contributed by atoms with Crippen LogP contribution in [0.2, 0.25) is 0 Å². The van der Waals surface area contributed by atoms with Gasteiger partial charge in [-0.3, -0.25) is 14.5 Å². The summed E-state index contributed by atoms with van der Waals surface area (Å²) in [6, 6.07) is 13.4. The van der Waals surface area contributed by atoms with Crippen LogP contribution in [-0.2, 0) is 13.1 Å². The lowest BCUT2D eigenvalue weighted by Gasteiger charge is -2.33. The molecule has 27 heavy (non-hydrogen) atoms. The van der Waals surface area contributed by atoms with Crippen LogP contribution in [0.1, 0.15) is 48.7 Å². The van der Waals surface area contributed by atoms with E-state index < -0.39 is 0 Å². The summed E-state index contributed by atoms with van der Waals surface area (Å²) in [6.07, 6.45) is 3.87. The molecule has 1 N–H and O–H groups in total. The minimum Gasteiger partial charge on any atom is -0.347 e. The van der Waals surface area contributed by atoms with Crippen molar-refractivity contribution >= 4 is 5.91 Å². The van der Waals surface area contributed by atoms with E-state index in [-0.39, 0.29) is 17.5 Å². The molecule has 3 rings (SSSR count). The molecule has 6 heteroatoms. The van der Waals surface area contributed by atoms with Crippen molar-refractivity contribution in [3.63, 3.8) is 0 Å². The van der Waals surface area contributed by atoms with E-state index in [0.717, 1.165) is 45.3 Å². The summed E-state index contributed by atoms with van der Waals surface area (Å²) in [5.74, 6) is -0.202. The van der Waals surface area contributed by atoms with Gasteiger partial charge >= 0.3 is 0 Å². The Morgan fingerprint density at radius 3 is 2.81 bits per heavy atom. The van der Waals surface area contributed by atoms with Gasteiger partial charge in [-0.05, 0) is 37.4 Å². The van der Waals surface area contributed by atoms with E-state index in [1.165, 1.54) is 22.4 Å². The van der Waals surface area contributed by atoms with Crippen LogP contribution in [-0.4, -0.2) is 39.7 Å². The summed E-state index contributed by atoms with van der Waals surface area (Å²) >= 11 is 0. The van der Waals surface area contributed by atoms with E-state index in [1.807, 2.05) is 6.07 Å². The van der Waals surface area contributed by atoms with Gasteiger partial charge in [-0.1, -0.05) is 43.7 Å². The summed E-state index contributed by atoms with van der Waals surface area (Å²) in [5.41, 5.74) is 1.44. The predicted molar refractivity (Wildman–Crippen MR) is 106 cm³/mol. The third-order valence-electron chi connectivity index (χ3n) is 4.91. The highest BCUT2D eigenvalue weighted by Gasteiger charge is 2.22. The Kier molecular flexibility index (Phi) is 6.76. The molecule has 0 bridgehead atoms. The molecular formula is C21H28N4O2. The molecule has 1 aliphatic heterocycles. The fraction of sp³-hybridized carbons (Fsp3) is 0.476. The number of aromatic nitrogens is 2. The Hall–Kier alpha value is -2.47. The molecule has 1 fully saturated rings. The number of hydrogen-bond donors (Lipinski definition) is 1. The number of rotatable bonds is 7. The second-order valence-electron chi connectivity index (χ2n) is 7.17. The number of carbonyl (C=O) groups is 1. The van der Waals surface area contributed by atoms with Gasteiger partial charge in [0.2, 0.25) is 0 Å². The third kappa shape index (κ3) is 5.50. The van der Waals surface area contributed by atoms with Crippen LogP contribution in [0.5, 0.6) is 0 Å². The van der Waals surface area contributed by atoms with Gasteiger partial charge < -0.3 is 5.32 Å². The molecular weight excluding hydrogens is 340 g/mol. The summed E-state index contributed by atoms with van der Waals surface area (Å²) < 4.78 is 1.39. The lowest BCUT2D eigenvalue weighted by Crippen LogP contribution is -2.47. The van der Waals surface area contributed by atoms with Gasteiger partial charge in [0.25, 0.3) is 11.5 Å². The Labute approximate surface area is 160 Å². The number of aryl methyl sites for hydroxylation is 1. The second kappa shape index (κ2) is 9.46. The van der Waals surface area contributed by atoms with Crippen LogP contribution < -0.4 is 10.9 Å². The maximum absolute atomic E-state index is 12.6. The minimum atomic E-state index is -0.202. The largest absolute Gasteiger partial charge is 0.347 e. The number of likely N-dealkylation sites (tertiary alicyclic amines) is 1. The number of benzene rings is 1. The van der Waals surface area contributed by atoms with Gasteiger partial charge in [-0.2, -0.15) is 5.10 Å². The molecule has 2 heterocycles. The van der Waals surface area contributed by atoms with Gasteiger partial charge in [0.1, 0.15) is 5.69 Å². The zero-order valence-corrected chi connectivity index (χ0v) is 15.9. The van der Waals surface area contributed by atoms with Crippen LogP contribution in [0, 0.1) is 0 Å².